The maximum absolute atomic E-state index is 12.1. The Morgan fingerprint density at radius 3 is 2.30 bits per heavy atom. The third kappa shape index (κ3) is 4.66. The molecule has 20 heavy (non-hydrogen) atoms. The predicted octanol–water partition coefficient (Wildman–Crippen LogP) is 1.82. The quantitative estimate of drug-likeness (QED) is 0.780. The van der Waals surface area contributed by atoms with E-state index in [1.807, 2.05) is 32.9 Å². The van der Waals surface area contributed by atoms with Gasteiger partial charge in [0.1, 0.15) is 6.04 Å². The van der Waals surface area contributed by atoms with E-state index in [1.54, 1.807) is 19.1 Å². The lowest BCUT2D eigenvalue weighted by atomic mass is 10.0. The van der Waals surface area contributed by atoms with Gasteiger partial charge in [0.15, 0.2) is 0 Å². The molecule has 0 aliphatic rings. The van der Waals surface area contributed by atoms with Gasteiger partial charge in [0.05, 0.1) is 6.61 Å². The third-order valence-corrected chi connectivity index (χ3v) is 2.87. The average Bonchev–Trinajstić information content (AvgIpc) is 2.42. The number of hydrogen-bond acceptors (Lipinski definition) is 3. The molecule has 5 nitrogen and oxygen atoms in total. The number of aryl methyl sites for hydroxylation is 1. The van der Waals surface area contributed by atoms with Crippen LogP contribution in [0.2, 0.25) is 0 Å². The summed E-state index contributed by atoms with van der Waals surface area (Å²) in [7, 11) is 0. The fourth-order valence-electron chi connectivity index (χ4n) is 1.67. The lowest BCUT2D eigenvalue weighted by Crippen LogP contribution is -2.49. The van der Waals surface area contributed by atoms with Gasteiger partial charge >= 0.3 is 0 Å². The zero-order valence-electron chi connectivity index (χ0n) is 12.4. The third-order valence-electron chi connectivity index (χ3n) is 2.87. The van der Waals surface area contributed by atoms with E-state index in [4.69, 9.17) is 4.84 Å². The van der Waals surface area contributed by atoms with E-state index < -0.39 is 6.04 Å². The van der Waals surface area contributed by atoms with Gasteiger partial charge in [-0.25, -0.2) is 5.48 Å². The highest BCUT2D eigenvalue weighted by molar-refractivity contribution is 5.97. The Kier molecular flexibility index (Phi) is 6.18. The standard InChI is InChI=1S/C15H22N2O3/c1-5-20-17-15(19)13(10(2)3)16-14(18)12-8-6-11(4)7-9-12/h6-10,13H,5H2,1-4H3,(H,16,18)(H,17,19). The Morgan fingerprint density at radius 2 is 1.80 bits per heavy atom. The van der Waals surface area contributed by atoms with Crippen molar-refractivity contribution >= 4 is 11.8 Å². The van der Waals surface area contributed by atoms with E-state index in [1.165, 1.54) is 0 Å². The molecular formula is C15H22N2O3. The molecule has 0 spiro atoms. The molecular weight excluding hydrogens is 256 g/mol. The van der Waals surface area contributed by atoms with E-state index in [-0.39, 0.29) is 17.7 Å². The summed E-state index contributed by atoms with van der Waals surface area (Å²) in [4.78, 5) is 28.9. The second-order valence-electron chi connectivity index (χ2n) is 4.96. The van der Waals surface area contributed by atoms with Crippen molar-refractivity contribution in [3.63, 3.8) is 0 Å². The van der Waals surface area contributed by atoms with Crippen molar-refractivity contribution in [2.75, 3.05) is 6.61 Å². The van der Waals surface area contributed by atoms with E-state index in [9.17, 15) is 9.59 Å². The van der Waals surface area contributed by atoms with E-state index in [0.29, 0.717) is 12.2 Å². The zero-order chi connectivity index (χ0) is 15.1. The molecule has 0 bridgehead atoms. The van der Waals surface area contributed by atoms with Gasteiger partial charge in [0, 0.05) is 5.56 Å². The largest absolute Gasteiger partial charge is 0.340 e. The van der Waals surface area contributed by atoms with Gasteiger partial charge in [-0.1, -0.05) is 31.5 Å². The van der Waals surface area contributed by atoms with Crippen molar-refractivity contribution in [1.82, 2.24) is 10.8 Å². The molecule has 2 N–H and O–H groups in total. The van der Waals surface area contributed by atoms with Crippen LogP contribution >= 0.6 is 0 Å². The summed E-state index contributed by atoms with van der Waals surface area (Å²) in [5, 5.41) is 2.73. The van der Waals surface area contributed by atoms with Gasteiger partial charge in [-0.2, -0.15) is 0 Å². The average molecular weight is 278 g/mol. The minimum absolute atomic E-state index is 0.0372. The Hall–Kier alpha value is -1.88. The van der Waals surface area contributed by atoms with Crippen molar-refractivity contribution in [2.45, 2.75) is 33.7 Å². The smallest absolute Gasteiger partial charge is 0.266 e. The fourth-order valence-corrected chi connectivity index (χ4v) is 1.67. The van der Waals surface area contributed by atoms with E-state index in [2.05, 4.69) is 10.8 Å². The number of carbonyl (C=O) groups excluding carboxylic acids is 2. The molecule has 1 aromatic rings. The minimum Gasteiger partial charge on any atom is -0.340 e. The first-order valence-corrected chi connectivity index (χ1v) is 6.74. The number of amides is 2. The molecule has 5 heteroatoms. The number of benzene rings is 1. The fraction of sp³-hybridized carbons (Fsp3) is 0.467. The van der Waals surface area contributed by atoms with Crippen LogP contribution in [0, 0.1) is 12.8 Å². The Bertz CT molecular complexity index is 455. The minimum atomic E-state index is -0.629. The number of rotatable bonds is 6. The number of hydroxylamine groups is 1. The molecule has 0 fully saturated rings. The van der Waals surface area contributed by atoms with Crippen LogP contribution in [-0.2, 0) is 9.63 Å². The highest BCUT2D eigenvalue weighted by Crippen LogP contribution is 2.07. The summed E-state index contributed by atoms with van der Waals surface area (Å²) in [6, 6.07) is 6.57. The van der Waals surface area contributed by atoms with Crippen LogP contribution in [0.1, 0.15) is 36.7 Å². The van der Waals surface area contributed by atoms with E-state index in [0.717, 1.165) is 5.56 Å². The molecule has 0 aromatic heterocycles. The molecule has 1 aromatic carbocycles. The molecule has 0 radical (unpaired) electrons. The first-order valence-electron chi connectivity index (χ1n) is 6.74. The van der Waals surface area contributed by atoms with Crippen LogP contribution in [-0.4, -0.2) is 24.5 Å². The lowest BCUT2D eigenvalue weighted by molar-refractivity contribution is -0.136. The van der Waals surface area contributed by atoms with Crippen LogP contribution in [0.25, 0.3) is 0 Å². The summed E-state index contributed by atoms with van der Waals surface area (Å²) in [5.74, 6) is -0.650. The predicted molar refractivity (Wildman–Crippen MR) is 77.0 cm³/mol. The number of carbonyl (C=O) groups is 2. The Morgan fingerprint density at radius 1 is 1.20 bits per heavy atom. The molecule has 0 aliphatic carbocycles. The van der Waals surface area contributed by atoms with Crippen molar-refractivity contribution in [3.05, 3.63) is 35.4 Å². The lowest BCUT2D eigenvalue weighted by Gasteiger charge is -2.21. The van der Waals surface area contributed by atoms with Gasteiger partial charge in [0.25, 0.3) is 11.8 Å². The topological polar surface area (TPSA) is 67.4 Å². The van der Waals surface area contributed by atoms with Gasteiger partial charge in [-0.05, 0) is 31.9 Å². The normalized spacial score (nSPS) is 12.1. The number of hydrogen-bond donors (Lipinski definition) is 2. The van der Waals surface area contributed by atoms with Crippen LogP contribution in [0.15, 0.2) is 24.3 Å². The van der Waals surface area contributed by atoms with Crippen LogP contribution < -0.4 is 10.8 Å². The monoisotopic (exact) mass is 278 g/mol. The van der Waals surface area contributed by atoms with E-state index >= 15 is 0 Å². The molecule has 0 aliphatic heterocycles. The highest BCUT2D eigenvalue weighted by Gasteiger charge is 2.24. The van der Waals surface area contributed by atoms with Gasteiger partial charge in [-0.15, -0.1) is 0 Å². The maximum atomic E-state index is 12.1. The molecule has 1 unspecified atom stereocenters. The SMILES string of the molecule is CCONC(=O)C(NC(=O)c1ccc(C)cc1)C(C)C. The highest BCUT2D eigenvalue weighted by atomic mass is 16.6. The van der Waals surface area contributed by atoms with Crippen molar-refractivity contribution in [1.29, 1.82) is 0 Å². The molecule has 0 saturated carbocycles. The molecule has 2 amide bonds. The van der Waals surface area contributed by atoms with Gasteiger partial charge in [0.2, 0.25) is 0 Å². The second-order valence-corrected chi connectivity index (χ2v) is 4.96. The first kappa shape index (κ1) is 16.2. The van der Waals surface area contributed by atoms with Crippen molar-refractivity contribution in [3.8, 4) is 0 Å². The summed E-state index contributed by atoms with van der Waals surface area (Å²) >= 11 is 0. The molecule has 0 saturated heterocycles. The molecule has 1 atom stereocenters. The molecule has 0 heterocycles. The summed E-state index contributed by atoms with van der Waals surface area (Å²) in [6.07, 6.45) is 0. The van der Waals surface area contributed by atoms with Crippen molar-refractivity contribution < 1.29 is 14.4 Å². The molecule has 110 valence electrons. The van der Waals surface area contributed by atoms with Crippen LogP contribution in [0.5, 0.6) is 0 Å². The van der Waals surface area contributed by atoms with Gasteiger partial charge in [-0.3, -0.25) is 14.4 Å². The maximum Gasteiger partial charge on any atom is 0.266 e. The summed E-state index contributed by atoms with van der Waals surface area (Å²) in [6.45, 7) is 7.84. The van der Waals surface area contributed by atoms with Gasteiger partial charge < -0.3 is 5.32 Å². The second kappa shape index (κ2) is 7.65. The Balaban J connectivity index is 2.72. The Labute approximate surface area is 119 Å². The molecule has 1 rings (SSSR count). The first-order chi connectivity index (χ1) is 9.45. The number of nitrogens with one attached hydrogen (secondary N) is 2. The van der Waals surface area contributed by atoms with Crippen LogP contribution in [0.4, 0.5) is 0 Å². The van der Waals surface area contributed by atoms with Crippen molar-refractivity contribution in [2.24, 2.45) is 5.92 Å². The summed E-state index contributed by atoms with van der Waals surface area (Å²) in [5.41, 5.74) is 3.94. The summed E-state index contributed by atoms with van der Waals surface area (Å²) < 4.78 is 0. The van der Waals surface area contributed by atoms with Crippen LogP contribution in [0.3, 0.4) is 0 Å². The zero-order valence-corrected chi connectivity index (χ0v) is 12.4.